The number of piperidine rings is 1. The number of amides is 1. The van der Waals surface area contributed by atoms with Crippen LogP contribution in [0.2, 0.25) is 0 Å². The van der Waals surface area contributed by atoms with Crippen molar-refractivity contribution in [2.75, 3.05) is 19.6 Å². The molecule has 1 aliphatic heterocycles. The molecule has 28 heavy (non-hydrogen) atoms. The molecule has 2 N–H and O–H groups in total. The number of hydrogen-bond acceptors (Lipinski definition) is 4. The largest absolute Gasteiger partial charge is 0.339 e. The van der Waals surface area contributed by atoms with Gasteiger partial charge in [0.1, 0.15) is 0 Å². The maximum Gasteiger partial charge on any atom is 0.253 e. The molecule has 1 heterocycles. The van der Waals surface area contributed by atoms with Crippen LogP contribution in [0.25, 0.3) is 0 Å². The molecule has 0 aromatic heterocycles. The van der Waals surface area contributed by atoms with Crippen molar-refractivity contribution in [3.8, 4) is 0 Å². The highest BCUT2D eigenvalue weighted by molar-refractivity contribution is 7.89. The molecule has 0 radical (unpaired) electrons. The molecule has 0 bridgehead atoms. The summed E-state index contributed by atoms with van der Waals surface area (Å²) in [6.07, 6.45) is 4.64. The number of sulfonamides is 1. The highest BCUT2D eigenvalue weighted by Crippen LogP contribution is 2.28. The summed E-state index contributed by atoms with van der Waals surface area (Å²) >= 11 is 0. The van der Waals surface area contributed by atoms with Crippen LogP contribution in [0.4, 0.5) is 0 Å². The highest BCUT2D eigenvalue weighted by atomic mass is 35.5. The first-order valence-corrected chi connectivity index (χ1v) is 11.3. The van der Waals surface area contributed by atoms with Gasteiger partial charge in [0.2, 0.25) is 10.0 Å². The zero-order chi connectivity index (χ0) is 19.7. The normalized spacial score (nSPS) is 18.6. The summed E-state index contributed by atoms with van der Waals surface area (Å²) in [5, 5.41) is 3.61. The number of carbonyl (C=O) groups excluding carboxylic acids is 1. The average Bonchev–Trinajstić information content (AvgIpc) is 3.42. The smallest absolute Gasteiger partial charge is 0.253 e. The Balaban J connectivity index is 0.00000280. The Morgan fingerprint density at radius 1 is 1.07 bits per heavy atom. The molecule has 1 amide bonds. The van der Waals surface area contributed by atoms with Gasteiger partial charge >= 0.3 is 0 Å². The van der Waals surface area contributed by atoms with Crippen LogP contribution in [0.15, 0.2) is 29.2 Å². The van der Waals surface area contributed by atoms with Gasteiger partial charge in [0, 0.05) is 30.2 Å². The number of likely N-dealkylation sites (tertiary alicyclic amines) is 1. The molecule has 0 atom stereocenters. The Morgan fingerprint density at radius 2 is 1.64 bits per heavy atom. The van der Waals surface area contributed by atoms with Crippen LogP contribution in [0, 0.1) is 5.92 Å². The van der Waals surface area contributed by atoms with E-state index in [0.29, 0.717) is 11.6 Å². The van der Waals surface area contributed by atoms with Gasteiger partial charge < -0.3 is 10.2 Å². The van der Waals surface area contributed by atoms with Gasteiger partial charge in [-0.3, -0.25) is 4.79 Å². The first kappa shape index (κ1) is 23.1. The van der Waals surface area contributed by atoms with E-state index in [1.165, 1.54) is 25.0 Å². The van der Waals surface area contributed by atoms with E-state index >= 15 is 0 Å². The third-order valence-electron chi connectivity index (χ3n) is 5.03. The fraction of sp³-hybridized carbons (Fsp3) is 0.650. The Hall–Kier alpha value is -1.15. The van der Waals surface area contributed by atoms with E-state index in [0.717, 1.165) is 38.4 Å². The summed E-state index contributed by atoms with van der Waals surface area (Å²) in [4.78, 5) is 14.8. The summed E-state index contributed by atoms with van der Waals surface area (Å²) < 4.78 is 27.4. The molecular formula is C20H32ClN3O3S. The van der Waals surface area contributed by atoms with Crippen molar-refractivity contribution >= 4 is 28.3 Å². The van der Waals surface area contributed by atoms with Crippen LogP contribution in [0.5, 0.6) is 0 Å². The minimum absolute atomic E-state index is 0. The lowest BCUT2D eigenvalue weighted by atomic mass is 10.0. The molecule has 158 valence electrons. The molecule has 6 nitrogen and oxygen atoms in total. The monoisotopic (exact) mass is 429 g/mol. The second-order valence-electron chi connectivity index (χ2n) is 8.80. The summed E-state index contributed by atoms with van der Waals surface area (Å²) in [6, 6.07) is 6.73. The highest BCUT2D eigenvalue weighted by Gasteiger charge is 2.27. The molecule has 2 fully saturated rings. The molecule has 8 heteroatoms. The Labute approximate surface area is 174 Å². The van der Waals surface area contributed by atoms with Gasteiger partial charge in [0.15, 0.2) is 0 Å². The van der Waals surface area contributed by atoms with Crippen molar-refractivity contribution in [2.24, 2.45) is 5.92 Å². The lowest BCUT2D eigenvalue weighted by Crippen LogP contribution is -2.45. The third kappa shape index (κ3) is 6.44. The lowest BCUT2D eigenvalue weighted by molar-refractivity contribution is 0.0705. The van der Waals surface area contributed by atoms with Gasteiger partial charge in [-0.25, -0.2) is 13.1 Å². The second kappa shape index (κ2) is 9.11. The number of benzene rings is 1. The number of carbonyl (C=O) groups is 1. The Morgan fingerprint density at radius 3 is 2.14 bits per heavy atom. The van der Waals surface area contributed by atoms with Crippen molar-refractivity contribution < 1.29 is 13.2 Å². The SMILES string of the molecule is CC(C)(C)NS(=O)(=O)c1ccc(C(=O)N2CCC(NCC3CC3)CC2)cc1.Cl. The Kier molecular flexibility index (Phi) is 7.53. The van der Waals surface area contributed by atoms with Crippen LogP contribution in [0.3, 0.4) is 0 Å². The topological polar surface area (TPSA) is 78.5 Å². The quantitative estimate of drug-likeness (QED) is 0.728. The van der Waals surface area contributed by atoms with E-state index in [2.05, 4.69) is 10.0 Å². The molecule has 1 aliphatic carbocycles. The van der Waals surface area contributed by atoms with E-state index < -0.39 is 15.6 Å². The van der Waals surface area contributed by atoms with E-state index in [1.54, 1.807) is 32.9 Å². The van der Waals surface area contributed by atoms with Crippen LogP contribution in [-0.2, 0) is 10.0 Å². The summed E-state index contributed by atoms with van der Waals surface area (Å²) in [6.45, 7) is 7.99. The first-order chi connectivity index (χ1) is 12.6. The molecule has 0 unspecified atom stereocenters. The van der Waals surface area contributed by atoms with Crippen molar-refractivity contribution in [1.29, 1.82) is 0 Å². The fourth-order valence-electron chi connectivity index (χ4n) is 3.36. The zero-order valence-electron chi connectivity index (χ0n) is 16.9. The van der Waals surface area contributed by atoms with Crippen molar-refractivity contribution in [1.82, 2.24) is 14.9 Å². The number of hydrogen-bond donors (Lipinski definition) is 2. The van der Waals surface area contributed by atoms with Crippen LogP contribution in [-0.4, -0.2) is 50.4 Å². The van der Waals surface area contributed by atoms with E-state index in [9.17, 15) is 13.2 Å². The van der Waals surface area contributed by atoms with Crippen LogP contribution >= 0.6 is 12.4 Å². The van der Waals surface area contributed by atoms with Crippen molar-refractivity contribution in [2.45, 2.75) is 62.9 Å². The molecule has 1 aromatic carbocycles. The van der Waals surface area contributed by atoms with Gasteiger partial charge in [-0.05, 0) is 83.2 Å². The third-order valence-corrected chi connectivity index (χ3v) is 6.80. The predicted octanol–water partition coefficient (Wildman–Crippen LogP) is 2.79. The molecule has 2 aliphatic rings. The van der Waals surface area contributed by atoms with E-state index in [4.69, 9.17) is 0 Å². The average molecular weight is 430 g/mol. The van der Waals surface area contributed by atoms with Crippen LogP contribution in [0.1, 0.15) is 56.8 Å². The minimum atomic E-state index is -3.58. The van der Waals surface area contributed by atoms with Crippen molar-refractivity contribution in [3.05, 3.63) is 29.8 Å². The summed E-state index contributed by atoms with van der Waals surface area (Å²) in [5.41, 5.74) is -0.0142. The van der Waals surface area contributed by atoms with E-state index in [1.807, 2.05) is 4.90 Å². The van der Waals surface area contributed by atoms with Gasteiger partial charge in [-0.1, -0.05) is 0 Å². The van der Waals surface area contributed by atoms with Crippen molar-refractivity contribution in [3.63, 3.8) is 0 Å². The molecule has 3 rings (SSSR count). The van der Waals surface area contributed by atoms with Gasteiger partial charge in [0.05, 0.1) is 4.90 Å². The van der Waals surface area contributed by atoms with Gasteiger partial charge in [-0.15, -0.1) is 12.4 Å². The number of nitrogens with zero attached hydrogens (tertiary/aromatic N) is 1. The number of rotatable bonds is 6. The molecule has 1 aromatic rings. The molecule has 1 saturated heterocycles. The first-order valence-electron chi connectivity index (χ1n) is 9.81. The predicted molar refractivity (Wildman–Crippen MR) is 113 cm³/mol. The maximum atomic E-state index is 12.7. The molecular weight excluding hydrogens is 398 g/mol. The van der Waals surface area contributed by atoms with Gasteiger partial charge in [-0.2, -0.15) is 0 Å². The molecule has 1 saturated carbocycles. The van der Waals surface area contributed by atoms with Gasteiger partial charge in [0.25, 0.3) is 5.91 Å². The Bertz CT molecular complexity index is 763. The minimum Gasteiger partial charge on any atom is -0.339 e. The fourth-order valence-corrected chi connectivity index (χ4v) is 4.78. The number of halogens is 1. The lowest BCUT2D eigenvalue weighted by Gasteiger charge is -2.32. The standard InChI is InChI=1S/C20H31N3O3S.ClH/c1-20(2,3)22-27(25,26)18-8-6-16(7-9-18)19(24)23-12-10-17(11-13-23)21-14-15-4-5-15;/h6-9,15,17,21-22H,4-5,10-14H2,1-3H3;1H. The van der Waals surface area contributed by atoms with Crippen LogP contribution < -0.4 is 10.0 Å². The molecule has 0 spiro atoms. The summed E-state index contributed by atoms with van der Waals surface area (Å²) in [5.74, 6) is 0.843. The maximum absolute atomic E-state index is 12.7. The summed E-state index contributed by atoms with van der Waals surface area (Å²) in [7, 11) is -3.58. The van der Waals surface area contributed by atoms with E-state index in [-0.39, 0.29) is 23.2 Å². The zero-order valence-corrected chi connectivity index (χ0v) is 18.5. The number of nitrogens with one attached hydrogen (secondary N) is 2. The second-order valence-corrected chi connectivity index (χ2v) is 10.5.